The zero-order valence-electron chi connectivity index (χ0n) is 5.16. The maximum absolute atomic E-state index is 10.4. The lowest BCUT2D eigenvalue weighted by molar-refractivity contribution is -0.140. The molecule has 0 atom stereocenters. The number of carbonyl (C=O) groups is 2. The average molecular weight is 142 g/mol. The molecule has 4 nitrogen and oxygen atoms in total. The number of carboxylic acid groups (broad SMARTS) is 1. The fraction of sp³-hybridized carbons (Fsp3) is 0.333. The van der Waals surface area contributed by atoms with E-state index in [1.165, 1.54) is 0 Å². The zero-order valence-corrected chi connectivity index (χ0v) is 5.16. The van der Waals surface area contributed by atoms with Crippen molar-refractivity contribution in [1.82, 2.24) is 0 Å². The Morgan fingerprint density at radius 2 is 2.30 bits per heavy atom. The highest BCUT2D eigenvalue weighted by Crippen LogP contribution is 2.12. The number of carboxylic acids is 1. The number of aliphatic carboxylic acids is 1. The normalized spacial score (nSPS) is 17.6. The first-order valence-electron chi connectivity index (χ1n) is 2.82. The molecule has 10 heavy (non-hydrogen) atoms. The van der Waals surface area contributed by atoms with Gasteiger partial charge in [0, 0.05) is 0 Å². The maximum Gasteiger partial charge on any atom is 0.334 e. The van der Waals surface area contributed by atoms with Crippen molar-refractivity contribution in [2.45, 2.75) is 12.8 Å². The van der Waals surface area contributed by atoms with Crippen molar-refractivity contribution < 1.29 is 19.4 Å². The van der Waals surface area contributed by atoms with E-state index >= 15 is 0 Å². The third kappa shape index (κ3) is 1.34. The predicted molar refractivity (Wildman–Crippen MR) is 31.0 cm³/mol. The van der Waals surface area contributed by atoms with Crippen LogP contribution in [0.2, 0.25) is 0 Å². The monoisotopic (exact) mass is 142 g/mol. The predicted octanol–water partition coefficient (Wildman–Crippen LogP) is 0.292. The molecule has 0 aromatic heterocycles. The lowest BCUT2D eigenvalue weighted by Crippen LogP contribution is -2.11. The summed E-state index contributed by atoms with van der Waals surface area (Å²) in [5.74, 6) is -1.39. The van der Waals surface area contributed by atoms with Gasteiger partial charge in [-0.15, -0.1) is 0 Å². The quantitative estimate of drug-likeness (QED) is 0.534. The molecule has 0 radical (unpaired) electrons. The van der Waals surface area contributed by atoms with E-state index in [9.17, 15) is 9.59 Å². The SMILES string of the molecule is O=C1CCC(C(=O)O)=CO1. The molecule has 4 heteroatoms. The summed E-state index contributed by atoms with van der Waals surface area (Å²) in [6, 6.07) is 0. The Bertz CT molecular complexity index is 204. The van der Waals surface area contributed by atoms with Crippen LogP contribution in [-0.2, 0) is 14.3 Å². The largest absolute Gasteiger partial charge is 0.478 e. The minimum Gasteiger partial charge on any atom is -0.478 e. The molecule has 1 aliphatic heterocycles. The van der Waals surface area contributed by atoms with E-state index in [-0.39, 0.29) is 24.4 Å². The van der Waals surface area contributed by atoms with Gasteiger partial charge in [0.05, 0.1) is 12.0 Å². The molecule has 54 valence electrons. The van der Waals surface area contributed by atoms with Crippen molar-refractivity contribution in [3.63, 3.8) is 0 Å². The molecule has 0 spiro atoms. The number of ether oxygens (including phenoxy) is 1. The van der Waals surface area contributed by atoms with Crippen molar-refractivity contribution in [3.8, 4) is 0 Å². The van der Waals surface area contributed by atoms with Gasteiger partial charge in [0.15, 0.2) is 0 Å². The second-order valence-electron chi connectivity index (χ2n) is 1.94. The van der Waals surface area contributed by atoms with Gasteiger partial charge in [-0.2, -0.15) is 0 Å². The Balaban J connectivity index is 2.65. The van der Waals surface area contributed by atoms with Crippen molar-refractivity contribution >= 4 is 11.9 Å². The van der Waals surface area contributed by atoms with Crippen LogP contribution in [0.1, 0.15) is 12.8 Å². The van der Waals surface area contributed by atoms with Gasteiger partial charge in [0.2, 0.25) is 0 Å². The van der Waals surface area contributed by atoms with Gasteiger partial charge in [0.25, 0.3) is 0 Å². The van der Waals surface area contributed by atoms with E-state index in [4.69, 9.17) is 5.11 Å². The third-order valence-electron chi connectivity index (χ3n) is 1.21. The molecule has 0 aliphatic carbocycles. The lowest BCUT2D eigenvalue weighted by Gasteiger charge is -2.07. The van der Waals surface area contributed by atoms with E-state index in [0.29, 0.717) is 0 Å². The molecular weight excluding hydrogens is 136 g/mol. The fourth-order valence-corrected chi connectivity index (χ4v) is 0.649. The second kappa shape index (κ2) is 2.51. The van der Waals surface area contributed by atoms with Crippen LogP contribution in [0.25, 0.3) is 0 Å². The lowest BCUT2D eigenvalue weighted by atomic mass is 10.1. The Kier molecular flexibility index (Phi) is 1.71. The maximum atomic E-state index is 10.4. The highest BCUT2D eigenvalue weighted by molar-refractivity contribution is 5.88. The first kappa shape index (κ1) is 6.80. The van der Waals surface area contributed by atoms with Crippen molar-refractivity contribution in [1.29, 1.82) is 0 Å². The molecule has 0 unspecified atom stereocenters. The number of cyclic esters (lactones) is 1. The van der Waals surface area contributed by atoms with Gasteiger partial charge >= 0.3 is 11.9 Å². The highest BCUT2D eigenvalue weighted by atomic mass is 16.5. The van der Waals surface area contributed by atoms with Crippen LogP contribution in [0.15, 0.2) is 11.8 Å². The third-order valence-corrected chi connectivity index (χ3v) is 1.21. The molecule has 0 saturated carbocycles. The van der Waals surface area contributed by atoms with Crippen LogP contribution in [0.3, 0.4) is 0 Å². The zero-order chi connectivity index (χ0) is 7.56. The van der Waals surface area contributed by atoms with Crippen LogP contribution in [0.5, 0.6) is 0 Å². The van der Waals surface area contributed by atoms with Crippen LogP contribution in [-0.4, -0.2) is 17.0 Å². The summed E-state index contributed by atoms with van der Waals surface area (Å²) in [5, 5.41) is 8.36. The van der Waals surface area contributed by atoms with Gasteiger partial charge in [-0.3, -0.25) is 4.79 Å². The standard InChI is InChI=1S/C6H6O4/c7-5-2-1-4(3-10-5)6(8)9/h3H,1-2H2,(H,8,9). The molecule has 1 N–H and O–H groups in total. The number of hydrogen-bond donors (Lipinski definition) is 1. The Hall–Kier alpha value is -1.32. The molecule has 0 saturated heterocycles. The summed E-state index contributed by atoms with van der Waals surface area (Å²) < 4.78 is 4.37. The molecule has 1 rings (SSSR count). The van der Waals surface area contributed by atoms with E-state index < -0.39 is 5.97 Å². The molecule has 1 heterocycles. The second-order valence-corrected chi connectivity index (χ2v) is 1.94. The Labute approximate surface area is 57.1 Å². The van der Waals surface area contributed by atoms with Gasteiger partial charge in [-0.25, -0.2) is 4.79 Å². The summed E-state index contributed by atoms with van der Waals surface area (Å²) in [6.07, 6.45) is 1.43. The van der Waals surface area contributed by atoms with E-state index in [2.05, 4.69) is 4.74 Å². The number of hydrogen-bond acceptors (Lipinski definition) is 3. The topological polar surface area (TPSA) is 63.6 Å². The Morgan fingerprint density at radius 1 is 1.60 bits per heavy atom. The van der Waals surface area contributed by atoms with Gasteiger partial charge in [0.1, 0.15) is 6.26 Å². The summed E-state index contributed by atoms with van der Waals surface area (Å²) in [7, 11) is 0. The molecule has 0 aromatic carbocycles. The van der Waals surface area contributed by atoms with E-state index in [0.717, 1.165) is 6.26 Å². The first-order chi connectivity index (χ1) is 4.70. The summed E-state index contributed by atoms with van der Waals surface area (Å²) in [4.78, 5) is 20.6. The van der Waals surface area contributed by atoms with Crippen molar-refractivity contribution in [3.05, 3.63) is 11.8 Å². The fourth-order valence-electron chi connectivity index (χ4n) is 0.649. The first-order valence-corrected chi connectivity index (χ1v) is 2.82. The minimum atomic E-state index is -1.02. The number of rotatable bonds is 1. The molecule has 0 aromatic rings. The van der Waals surface area contributed by atoms with Gasteiger partial charge in [-0.1, -0.05) is 0 Å². The average Bonchev–Trinajstić information content (AvgIpc) is 1.88. The van der Waals surface area contributed by atoms with Crippen LogP contribution in [0, 0.1) is 0 Å². The molecule has 0 bridgehead atoms. The van der Waals surface area contributed by atoms with E-state index in [1.807, 2.05) is 0 Å². The summed E-state index contributed by atoms with van der Waals surface area (Å²) >= 11 is 0. The van der Waals surface area contributed by atoms with Crippen LogP contribution < -0.4 is 0 Å². The van der Waals surface area contributed by atoms with Gasteiger partial charge < -0.3 is 9.84 Å². The van der Waals surface area contributed by atoms with Gasteiger partial charge in [-0.05, 0) is 6.42 Å². The summed E-state index contributed by atoms with van der Waals surface area (Å²) in [6.45, 7) is 0. The van der Waals surface area contributed by atoms with Crippen LogP contribution >= 0.6 is 0 Å². The highest BCUT2D eigenvalue weighted by Gasteiger charge is 2.16. The minimum absolute atomic E-state index is 0.152. The number of carbonyl (C=O) groups excluding carboxylic acids is 1. The Morgan fingerprint density at radius 3 is 2.70 bits per heavy atom. The van der Waals surface area contributed by atoms with Crippen molar-refractivity contribution in [2.24, 2.45) is 0 Å². The molecule has 1 aliphatic rings. The smallest absolute Gasteiger partial charge is 0.334 e. The molecular formula is C6H6O4. The van der Waals surface area contributed by atoms with Crippen molar-refractivity contribution in [2.75, 3.05) is 0 Å². The van der Waals surface area contributed by atoms with E-state index in [1.54, 1.807) is 0 Å². The summed E-state index contributed by atoms with van der Waals surface area (Å²) in [5.41, 5.74) is 0.152. The molecule has 0 fully saturated rings. The van der Waals surface area contributed by atoms with Crippen LogP contribution in [0.4, 0.5) is 0 Å². The number of esters is 1. The molecule has 0 amide bonds.